The van der Waals surface area contributed by atoms with Crippen molar-refractivity contribution in [3.05, 3.63) is 46.6 Å². The zero-order valence-electron chi connectivity index (χ0n) is 13.1. The molecule has 0 amide bonds. The van der Waals surface area contributed by atoms with Crippen LogP contribution in [-0.4, -0.2) is 41.7 Å². The number of allylic oxidation sites excluding steroid dienone is 1. The van der Waals surface area contributed by atoms with Gasteiger partial charge in [0.15, 0.2) is 5.82 Å². The normalized spacial score (nSPS) is 19.4. The molecule has 1 aliphatic heterocycles. The molecule has 0 bridgehead atoms. The number of likely N-dealkylation sites (N-methyl/N-ethyl adjacent to an activating group) is 1. The van der Waals surface area contributed by atoms with E-state index < -0.39 is 0 Å². The smallest absolute Gasteiger partial charge is 0.253 e. The minimum absolute atomic E-state index is 0. The van der Waals surface area contributed by atoms with Crippen LogP contribution in [0.4, 0.5) is 0 Å². The van der Waals surface area contributed by atoms with Crippen LogP contribution < -0.4 is 5.32 Å². The van der Waals surface area contributed by atoms with Crippen molar-refractivity contribution >= 4 is 35.7 Å². The predicted molar refractivity (Wildman–Crippen MR) is 94.8 cm³/mol. The van der Waals surface area contributed by atoms with Crippen molar-refractivity contribution in [1.82, 2.24) is 20.4 Å². The van der Waals surface area contributed by atoms with E-state index in [1.54, 1.807) is 0 Å². The lowest BCUT2D eigenvalue weighted by atomic mass is 10.1. The molecule has 7 heteroatoms. The van der Waals surface area contributed by atoms with Gasteiger partial charge >= 0.3 is 0 Å². The van der Waals surface area contributed by atoms with Crippen LogP contribution in [0.25, 0.3) is 11.6 Å². The van der Waals surface area contributed by atoms with E-state index >= 15 is 0 Å². The van der Waals surface area contributed by atoms with Gasteiger partial charge in [0, 0.05) is 30.2 Å². The van der Waals surface area contributed by atoms with Crippen molar-refractivity contribution in [3.8, 4) is 0 Å². The minimum Gasteiger partial charge on any atom is -0.334 e. The largest absolute Gasteiger partial charge is 0.334 e. The minimum atomic E-state index is 0. The fraction of sp³-hybridized carbons (Fsp3) is 0.375. The summed E-state index contributed by atoms with van der Waals surface area (Å²) in [6.45, 7) is 4.75. The van der Waals surface area contributed by atoms with Crippen molar-refractivity contribution in [3.63, 3.8) is 0 Å². The monoisotopic (exact) mass is 354 g/mol. The Balaban J connectivity index is 0.00000192. The average molecular weight is 355 g/mol. The molecule has 1 unspecified atom stereocenters. The molecule has 3 rings (SSSR count). The molecule has 5 nitrogen and oxygen atoms in total. The Bertz CT molecular complexity index is 686. The first-order valence-corrected chi connectivity index (χ1v) is 7.70. The molecule has 1 atom stereocenters. The lowest BCUT2D eigenvalue weighted by Gasteiger charge is -2.30. The second kappa shape index (κ2) is 7.93. The van der Waals surface area contributed by atoms with Crippen LogP contribution in [-0.2, 0) is 0 Å². The first-order valence-electron chi connectivity index (χ1n) is 7.33. The number of nitrogens with one attached hydrogen (secondary N) is 1. The summed E-state index contributed by atoms with van der Waals surface area (Å²) in [6, 6.07) is 7.84. The van der Waals surface area contributed by atoms with Crippen LogP contribution in [0.2, 0.25) is 5.02 Å². The fourth-order valence-corrected chi connectivity index (χ4v) is 2.70. The molecule has 1 aromatic heterocycles. The van der Waals surface area contributed by atoms with E-state index in [2.05, 4.69) is 27.4 Å². The van der Waals surface area contributed by atoms with Gasteiger partial charge in [-0.3, -0.25) is 4.90 Å². The summed E-state index contributed by atoms with van der Waals surface area (Å²) < 4.78 is 5.41. The van der Waals surface area contributed by atoms with Gasteiger partial charge in [0.05, 0.1) is 6.04 Å². The summed E-state index contributed by atoms with van der Waals surface area (Å²) in [6.07, 6.45) is 1.96. The van der Waals surface area contributed by atoms with Crippen molar-refractivity contribution in [2.45, 2.75) is 13.0 Å². The van der Waals surface area contributed by atoms with Gasteiger partial charge in [-0.2, -0.15) is 4.98 Å². The Morgan fingerprint density at radius 1 is 1.43 bits per heavy atom. The van der Waals surface area contributed by atoms with Crippen LogP contribution in [0.5, 0.6) is 0 Å². The molecule has 0 aliphatic carbocycles. The Labute approximate surface area is 147 Å². The highest BCUT2D eigenvalue weighted by molar-refractivity contribution is 6.32. The topological polar surface area (TPSA) is 54.2 Å². The van der Waals surface area contributed by atoms with Gasteiger partial charge in [0.1, 0.15) is 0 Å². The number of benzene rings is 1. The number of halogens is 2. The van der Waals surface area contributed by atoms with E-state index in [0.29, 0.717) is 10.9 Å². The van der Waals surface area contributed by atoms with Crippen molar-refractivity contribution in [1.29, 1.82) is 0 Å². The maximum Gasteiger partial charge on any atom is 0.253 e. The maximum atomic E-state index is 6.18. The van der Waals surface area contributed by atoms with E-state index in [9.17, 15) is 0 Å². The molecule has 23 heavy (non-hydrogen) atoms. The van der Waals surface area contributed by atoms with E-state index in [1.807, 2.05) is 37.3 Å². The quantitative estimate of drug-likeness (QED) is 0.916. The van der Waals surface area contributed by atoms with Gasteiger partial charge in [-0.25, -0.2) is 0 Å². The Morgan fingerprint density at radius 3 is 2.96 bits per heavy atom. The Hall–Kier alpha value is -1.40. The van der Waals surface area contributed by atoms with Crippen molar-refractivity contribution < 1.29 is 4.52 Å². The Kier molecular flexibility index (Phi) is 6.18. The van der Waals surface area contributed by atoms with E-state index in [1.165, 1.54) is 0 Å². The molecule has 1 fully saturated rings. The number of hydrogen-bond donors (Lipinski definition) is 1. The third-order valence-electron chi connectivity index (χ3n) is 3.87. The summed E-state index contributed by atoms with van der Waals surface area (Å²) in [7, 11) is 2.08. The van der Waals surface area contributed by atoms with Gasteiger partial charge in [-0.05, 0) is 31.7 Å². The molecule has 0 saturated carbocycles. The standard InChI is InChI=1S/C16H19ClN4O.ClH/c1-11(9-12-5-3-4-6-13(12)17)16-19-15(20-22-16)14-10-18-7-8-21(14)2;/h3-6,9,14,18H,7-8,10H2,1-2H3;1H/b11-9+;. The highest BCUT2D eigenvalue weighted by atomic mass is 35.5. The highest BCUT2D eigenvalue weighted by Gasteiger charge is 2.25. The Morgan fingerprint density at radius 2 is 2.22 bits per heavy atom. The summed E-state index contributed by atoms with van der Waals surface area (Å²) in [5, 5.41) is 8.19. The average Bonchev–Trinajstić information content (AvgIpc) is 3.00. The highest BCUT2D eigenvalue weighted by Crippen LogP contribution is 2.24. The van der Waals surface area contributed by atoms with Gasteiger partial charge in [0.2, 0.25) is 0 Å². The van der Waals surface area contributed by atoms with Gasteiger partial charge in [0.25, 0.3) is 5.89 Å². The third-order valence-corrected chi connectivity index (χ3v) is 4.21. The van der Waals surface area contributed by atoms with Crippen LogP contribution >= 0.6 is 24.0 Å². The lowest BCUT2D eigenvalue weighted by Crippen LogP contribution is -2.44. The second-order valence-electron chi connectivity index (χ2n) is 5.51. The number of piperazine rings is 1. The summed E-state index contributed by atoms with van der Waals surface area (Å²) in [5.74, 6) is 1.26. The molecule has 2 aromatic rings. The molecule has 1 N–H and O–H groups in total. The van der Waals surface area contributed by atoms with Gasteiger partial charge < -0.3 is 9.84 Å². The number of nitrogens with zero attached hydrogens (tertiary/aromatic N) is 3. The van der Waals surface area contributed by atoms with E-state index in [-0.39, 0.29) is 18.4 Å². The van der Waals surface area contributed by atoms with E-state index in [0.717, 1.165) is 36.6 Å². The predicted octanol–water partition coefficient (Wildman–Crippen LogP) is 3.28. The molecule has 0 spiro atoms. The molecule has 2 heterocycles. The fourth-order valence-electron chi connectivity index (χ4n) is 2.51. The SMILES string of the molecule is C/C(=C\c1ccccc1Cl)c1nc(C2CNCCN2C)no1.Cl. The molecular weight excluding hydrogens is 335 g/mol. The maximum absolute atomic E-state index is 6.18. The van der Waals surface area contributed by atoms with Crippen molar-refractivity contribution in [2.75, 3.05) is 26.7 Å². The first kappa shape index (κ1) is 17.9. The molecule has 124 valence electrons. The summed E-state index contributed by atoms with van der Waals surface area (Å²) in [5.41, 5.74) is 1.84. The summed E-state index contributed by atoms with van der Waals surface area (Å²) in [4.78, 5) is 6.77. The molecule has 1 saturated heterocycles. The second-order valence-corrected chi connectivity index (χ2v) is 5.91. The lowest BCUT2D eigenvalue weighted by molar-refractivity contribution is 0.190. The van der Waals surface area contributed by atoms with Crippen LogP contribution in [0, 0.1) is 0 Å². The molecule has 1 aromatic carbocycles. The van der Waals surface area contributed by atoms with Crippen LogP contribution in [0.1, 0.15) is 30.2 Å². The zero-order valence-corrected chi connectivity index (χ0v) is 14.7. The van der Waals surface area contributed by atoms with Crippen LogP contribution in [0.3, 0.4) is 0 Å². The number of rotatable bonds is 3. The number of hydrogen-bond acceptors (Lipinski definition) is 5. The molecule has 1 aliphatic rings. The zero-order chi connectivity index (χ0) is 15.5. The molecular formula is C16H20Cl2N4O. The first-order chi connectivity index (χ1) is 10.6. The third kappa shape index (κ3) is 4.12. The van der Waals surface area contributed by atoms with Crippen molar-refractivity contribution in [2.24, 2.45) is 0 Å². The van der Waals surface area contributed by atoms with Crippen LogP contribution in [0.15, 0.2) is 28.8 Å². The number of aromatic nitrogens is 2. The summed E-state index contributed by atoms with van der Waals surface area (Å²) >= 11 is 6.18. The van der Waals surface area contributed by atoms with Gasteiger partial charge in [-0.1, -0.05) is 35.0 Å². The van der Waals surface area contributed by atoms with E-state index in [4.69, 9.17) is 16.1 Å². The van der Waals surface area contributed by atoms with Gasteiger partial charge in [-0.15, -0.1) is 12.4 Å². The molecule has 0 radical (unpaired) electrons.